The molecule has 0 heterocycles. The quantitative estimate of drug-likeness (QED) is 0.287. The van der Waals surface area contributed by atoms with Crippen molar-refractivity contribution in [2.75, 3.05) is 0 Å². The van der Waals surface area contributed by atoms with Gasteiger partial charge >= 0.3 is 364 Å². The predicted molar refractivity (Wildman–Crippen MR) is 248 cm³/mol. The zero-order chi connectivity index (χ0) is 42.3. The van der Waals surface area contributed by atoms with Gasteiger partial charge in [-0.15, -0.1) is 0 Å². The second-order valence-corrected chi connectivity index (χ2v) is 29.0. The van der Waals surface area contributed by atoms with E-state index >= 15 is 0 Å². The molecule has 8 rings (SSSR count). The van der Waals surface area contributed by atoms with Gasteiger partial charge in [-0.3, -0.25) is 0 Å². The van der Waals surface area contributed by atoms with E-state index in [0.717, 1.165) is 0 Å². The van der Waals surface area contributed by atoms with Crippen molar-refractivity contribution in [3.05, 3.63) is 164 Å². The molecule has 0 spiro atoms. The number of hydrogen-bond acceptors (Lipinski definition) is 0. The molecule has 0 N–H and O–H groups in total. The first kappa shape index (κ1) is 47.2. The first-order valence-corrected chi connectivity index (χ1v) is 26.2. The van der Waals surface area contributed by atoms with Crippen LogP contribution in [0.2, 0.25) is 3.63 Å². The average molecular weight is 919 g/mol. The second kappa shape index (κ2) is 14.9. The van der Waals surface area contributed by atoms with Crippen molar-refractivity contribution < 1.29 is 46.1 Å². The van der Waals surface area contributed by atoms with Crippen LogP contribution < -0.4 is 24.8 Å². The Labute approximate surface area is 385 Å². The van der Waals surface area contributed by atoms with Crippen LogP contribution in [0, 0.1) is 49.7 Å². The van der Waals surface area contributed by atoms with Gasteiger partial charge in [0.1, 0.15) is 0 Å². The fourth-order valence-corrected chi connectivity index (χ4v) is 26.6. The first-order valence-electron chi connectivity index (χ1n) is 22.4. The topological polar surface area (TPSA) is 0 Å². The van der Waals surface area contributed by atoms with E-state index in [4.69, 9.17) is 0 Å². The fraction of sp³-hybridized carbons (Fsp3) is 0.491. The molecular weight excluding hydrogens is 847 g/mol. The second-order valence-electron chi connectivity index (χ2n) is 22.8. The SMILES string of the molecule is CC1=CC(C)[C]([Zr+2](=[C](c2ccc(C(C)(C)C)cc2)c2ccc(C(C)(C)C)cc2)[CH]2C3C=CC=C(C)C3(C)C3(C)C4(C)C=CC=CC4(C)C4(C)C=CC=CC4(C)C23C)=C1.[Cl-].[Cl-]. The van der Waals surface area contributed by atoms with Crippen molar-refractivity contribution in [1.82, 2.24) is 0 Å². The summed E-state index contributed by atoms with van der Waals surface area (Å²) in [5.41, 5.74) is 7.98. The van der Waals surface area contributed by atoms with E-state index in [1.807, 2.05) is 0 Å². The van der Waals surface area contributed by atoms with Gasteiger partial charge in [-0.05, 0) is 0 Å². The van der Waals surface area contributed by atoms with Gasteiger partial charge in [-0.2, -0.15) is 0 Å². The van der Waals surface area contributed by atoms with Crippen molar-refractivity contribution >= 4 is 3.21 Å². The molecule has 2 fully saturated rings. The van der Waals surface area contributed by atoms with Crippen molar-refractivity contribution in [3.63, 3.8) is 0 Å². The van der Waals surface area contributed by atoms with E-state index in [9.17, 15) is 0 Å². The van der Waals surface area contributed by atoms with E-state index in [-0.39, 0.29) is 73.5 Å². The molecule has 2 saturated carbocycles. The van der Waals surface area contributed by atoms with Gasteiger partial charge in [-0.25, -0.2) is 0 Å². The monoisotopic (exact) mass is 916 g/mol. The molecule has 6 aliphatic rings. The molecule has 10 unspecified atom stereocenters. The minimum absolute atomic E-state index is 0. The normalized spacial score (nSPS) is 38.2. The van der Waals surface area contributed by atoms with Crippen LogP contribution in [0.5, 0.6) is 0 Å². The Balaban J connectivity index is 0.00000302. The minimum Gasteiger partial charge on any atom is -1.00 e. The predicted octanol–water partition coefficient (Wildman–Crippen LogP) is 9.20. The van der Waals surface area contributed by atoms with E-state index in [1.54, 1.807) is 12.1 Å². The first-order chi connectivity index (χ1) is 26.9. The van der Waals surface area contributed by atoms with Crippen LogP contribution in [0.1, 0.15) is 133 Å². The molecule has 3 heteroatoms. The number of hydrogen-bond donors (Lipinski definition) is 0. The maximum absolute atomic E-state index is 3.15. The van der Waals surface area contributed by atoms with Gasteiger partial charge in [0, 0.05) is 0 Å². The maximum Gasteiger partial charge on any atom is -1.00 e. The summed E-state index contributed by atoms with van der Waals surface area (Å²) in [7, 11) is 0. The molecule has 0 radical (unpaired) electrons. The number of rotatable bonds is 4. The zero-order valence-corrected chi connectivity index (χ0v) is 43.6. The minimum atomic E-state index is -3.15. The molecule has 60 heavy (non-hydrogen) atoms. The van der Waals surface area contributed by atoms with Crippen LogP contribution in [0.25, 0.3) is 0 Å². The molecule has 0 bridgehead atoms. The molecule has 0 aliphatic heterocycles. The van der Waals surface area contributed by atoms with E-state index < -0.39 is 21.3 Å². The molecule has 0 aromatic heterocycles. The summed E-state index contributed by atoms with van der Waals surface area (Å²) in [5.74, 6) is 0.799. The summed E-state index contributed by atoms with van der Waals surface area (Å²) in [5, 5.41) is 0. The zero-order valence-electron chi connectivity index (χ0n) is 39.6. The smallest absolute Gasteiger partial charge is 1.00 e. The van der Waals surface area contributed by atoms with Crippen molar-refractivity contribution in [2.24, 2.45) is 49.7 Å². The molecule has 0 saturated heterocycles. The van der Waals surface area contributed by atoms with Gasteiger partial charge in [0.2, 0.25) is 0 Å². The summed E-state index contributed by atoms with van der Waals surface area (Å²) in [6.45, 7) is 40.5. The van der Waals surface area contributed by atoms with Gasteiger partial charge in [0.05, 0.1) is 0 Å². The average Bonchev–Trinajstić information content (AvgIpc) is 3.58. The van der Waals surface area contributed by atoms with Crippen LogP contribution in [-0.4, -0.2) is 3.21 Å². The molecule has 10 atom stereocenters. The third-order valence-electron chi connectivity index (χ3n) is 18.9. The Morgan fingerprint density at radius 2 is 1.02 bits per heavy atom. The summed E-state index contributed by atoms with van der Waals surface area (Å²) in [6.07, 6.45) is 33.2. The Morgan fingerprint density at radius 1 is 0.583 bits per heavy atom. The number of fused-ring (bicyclic) bond motifs is 8. The van der Waals surface area contributed by atoms with Gasteiger partial charge in [0.25, 0.3) is 0 Å². The Morgan fingerprint density at radius 3 is 1.45 bits per heavy atom. The number of halogens is 2. The third-order valence-corrected chi connectivity index (χ3v) is 28.4. The largest absolute Gasteiger partial charge is 1.00 e. The third kappa shape index (κ3) is 5.72. The molecule has 6 aliphatic carbocycles. The molecule has 318 valence electrons. The van der Waals surface area contributed by atoms with Crippen molar-refractivity contribution in [1.29, 1.82) is 0 Å². The molecular formula is C57H72Cl2Zr. The molecule has 2 aromatic rings. The van der Waals surface area contributed by atoms with Crippen LogP contribution in [0.15, 0.2) is 142 Å². The Hall–Kier alpha value is -2.31. The Kier molecular flexibility index (Phi) is 11.7. The van der Waals surface area contributed by atoms with Crippen LogP contribution >= 0.6 is 0 Å². The van der Waals surface area contributed by atoms with Crippen LogP contribution in [0.3, 0.4) is 0 Å². The fourth-order valence-electron chi connectivity index (χ4n) is 14.7. The van der Waals surface area contributed by atoms with Gasteiger partial charge < -0.3 is 24.8 Å². The number of allylic oxidation sites excluding steroid dienone is 16. The van der Waals surface area contributed by atoms with Crippen molar-refractivity contribution in [3.8, 4) is 0 Å². The van der Waals surface area contributed by atoms with E-state index in [1.165, 1.54) is 27.8 Å². The summed E-state index contributed by atoms with van der Waals surface area (Å²) < 4.78 is 3.91. The maximum atomic E-state index is 2.84. The van der Waals surface area contributed by atoms with E-state index in [2.05, 4.69) is 238 Å². The van der Waals surface area contributed by atoms with Gasteiger partial charge in [-0.1, -0.05) is 0 Å². The van der Waals surface area contributed by atoms with Crippen molar-refractivity contribution in [2.45, 2.75) is 125 Å². The summed E-state index contributed by atoms with van der Waals surface area (Å²) >= 11 is -3.15. The van der Waals surface area contributed by atoms with Crippen LogP contribution in [0.4, 0.5) is 0 Å². The molecule has 2 aromatic carbocycles. The molecule has 0 nitrogen and oxygen atoms in total. The summed E-state index contributed by atoms with van der Waals surface area (Å²) in [4.78, 5) is 0. The van der Waals surface area contributed by atoms with Crippen LogP contribution in [-0.2, 0) is 32.1 Å². The Bertz CT molecular complexity index is 2290. The molecule has 0 amide bonds. The van der Waals surface area contributed by atoms with E-state index in [0.29, 0.717) is 15.5 Å². The van der Waals surface area contributed by atoms with Gasteiger partial charge in [0.15, 0.2) is 0 Å². The number of benzene rings is 2. The standard InChI is InChI=1S/C29H37.C21H26.C7H9.2ClH.Zr/c1-21-14-13-15-22-20-27(6)25(4)18-10-9-16-23(25,2)24(3)17-11-12-19-26(24,5)29(27,8)28(21,22)7;1-20(2,3)18-11-7-16(8-12-18)15-17-9-13-19(14-10-17)21(4,5)6;1-6-3-4-7(2)5-6;;;/h9-20,22H,1-8H3;7-14H,1-6H3;3,5,7H,1-2H3;2*1H;/q;;;;;+2/p-2. The summed E-state index contributed by atoms with van der Waals surface area (Å²) in [6, 6.07) is 19.9.